The van der Waals surface area contributed by atoms with Gasteiger partial charge in [0.15, 0.2) is 11.4 Å². The number of pyridine rings is 1. The molecule has 9 heteroatoms. The van der Waals surface area contributed by atoms with Crippen LogP contribution in [-0.2, 0) is 11.3 Å². The van der Waals surface area contributed by atoms with Gasteiger partial charge in [-0.2, -0.15) is 0 Å². The van der Waals surface area contributed by atoms with Crippen LogP contribution in [0.15, 0.2) is 45.6 Å². The number of hydrogen-bond acceptors (Lipinski definition) is 4. The summed E-state index contributed by atoms with van der Waals surface area (Å²) in [4.78, 5) is 26.7. The minimum atomic E-state index is -1.18. The van der Waals surface area contributed by atoms with Crippen LogP contribution in [0.25, 0.3) is 10.9 Å². The largest absolute Gasteiger partial charge is 0.505 e. The first kappa shape index (κ1) is 18.4. The second-order valence-corrected chi connectivity index (χ2v) is 7.01. The van der Waals surface area contributed by atoms with Gasteiger partial charge in [0.05, 0.1) is 21.6 Å². The Balaban J connectivity index is 2.05. The fourth-order valence-corrected chi connectivity index (χ4v) is 3.69. The standard InChI is InChI=1S/C17H13Br2N3O4/c18-13-12-10(22(16(13)19)8-9-4-2-1-3-5-9)6-20-14(15(12)25)17(26)21-7-11(23)24/h1-6,25H,7-8H2,(H,21,26)(H,23,24). The number of benzene rings is 1. The van der Waals surface area contributed by atoms with E-state index in [-0.39, 0.29) is 11.4 Å². The van der Waals surface area contributed by atoms with E-state index < -0.39 is 18.4 Å². The van der Waals surface area contributed by atoms with E-state index in [1.807, 2.05) is 34.9 Å². The molecule has 2 heterocycles. The molecule has 134 valence electrons. The van der Waals surface area contributed by atoms with Gasteiger partial charge in [-0.3, -0.25) is 9.59 Å². The van der Waals surface area contributed by atoms with Crippen molar-refractivity contribution in [3.63, 3.8) is 0 Å². The number of aromatic hydroxyl groups is 1. The maximum atomic E-state index is 12.1. The molecule has 3 N–H and O–H groups in total. The summed E-state index contributed by atoms with van der Waals surface area (Å²) in [5.41, 5.74) is 1.45. The van der Waals surface area contributed by atoms with Gasteiger partial charge in [-0.1, -0.05) is 30.3 Å². The van der Waals surface area contributed by atoms with Crippen molar-refractivity contribution in [1.82, 2.24) is 14.9 Å². The Morgan fingerprint density at radius 3 is 2.54 bits per heavy atom. The van der Waals surface area contributed by atoms with Gasteiger partial charge in [0.25, 0.3) is 5.91 Å². The number of hydrogen-bond donors (Lipinski definition) is 3. The zero-order valence-electron chi connectivity index (χ0n) is 13.2. The predicted molar refractivity (Wildman–Crippen MR) is 102 cm³/mol. The lowest BCUT2D eigenvalue weighted by atomic mass is 10.2. The number of aromatic nitrogens is 2. The van der Waals surface area contributed by atoms with Crippen LogP contribution in [0.3, 0.4) is 0 Å². The summed E-state index contributed by atoms with van der Waals surface area (Å²) in [7, 11) is 0. The SMILES string of the molecule is O=C(O)CNC(=O)c1ncc2c(c1O)c(Br)c(Br)n2Cc1ccccc1. The number of nitrogens with zero attached hydrogens (tertiary/aromatic N) is 2. The summed E-state index contributed by atoms with van der Waals surface area (Å²) < 4.78 is 3.17. The van der Waals surface area contributed by atoms with Crippen LogP contribution in [-0.4, -0.2) is 38.2 Å². The number of aliphatic carboxylic acids is 1. The molecule has 3 rings (SSSR count). The molecule has 0 saturated heterocycles. The maximum Gasteiger partial charge on any atom is 0.322 e. The molecule has 0 aliphatic carbocycles. The topological polar surface area (TPSA) is 104 Å². The third-order valence-electron chi connectivity index (χ3n) is 3.76. The molecule has 1 amide bonds. The normalized spacial score (nSPS) is 10.8. The molecule has 0 aliphatic rings. The van der Waals surface area contributed by atoms with Crippen LogP contribution in [0.4, 0.5) is 0 Å². The fraction of sp³-hybridized carbons (Fsp3) is 0.118. The Hall–Kier alpha value is -2.39. The number of rotatable bonds is 5. The predicted octanol–water partition coefficient (Wildman–Crippen LogP) is 3.13. The van der Waals surface area contributed by atoms with Gasteiger partial charge in [0.2, 0.25) is 0 Å². The molecule has 1 aromatic carbocycles. The number of nitrogens with one attached hydrogen (secondary N) is 1. The number of carboxylic acids is 1. The molecule has 0 radical (unpaired) electrons. The van der Waals surface area contributed by atoms with Crippen LogP contribution in [0.1, 0.15) is 16.1 Å². The first-order valence-corrected chi connectivity index (χ1v) is 9.07. The third kappa shape index (κ3) is 3.45. The van der Waals surface area contributed by atoms with E-state index in [2.05, 4.69) is 42.2 Å². The lowest BCUT2D eigenvalue weighted by Gasteiger charge is -2.09. The number of carbonyl (C=O) groups is 2. The molecule has 7 nitrogen and oxygen atoms in total. The molecule has 0 aliphatic heterocycles. The second-order valence-electron chi connectivity index (χ2n) is 5.47. The molecule has 3 aromatic rings. The summed E-state index contributed by atoms with van der Waals surface area (Å²) in [5, 5.41) is 21.8. The van der Waals surface area contributed by atoms with Gasteiger partial charge in [-0.05, 0) is 37.4 Å². The molecule has 0 bridgehead atoms. The Morgan fingerprint density at radius 2 is 1.88 bits per heavy atom. The van der Waals surface area contributed by atoms with Crippen LogP contribution >= 0.6 is 31.9 Å². The van der Waals surface area contributed by atoms with Crippen LogP contribution in [0, 0.1) is 0 Å². The van der Waals surface area contributed by atoms with E-state index in [4.69, 9.17) is 5.11 Å². The highest BCUT2D eigenvalue weighted by Crippen LogP contribution is 2.40. The molecule has 2 aromatic heterocycles. The Kier molecular flexibility index (Phi) is 5.28. The number of carbonyl (C=O) groups excluding carboxylic acids is 1. The molecule has 0 atom stereocenters. The molecule has 0 spiro atoms. The minimum absolute atomic E-state index is 0.233. The third-order valence-corrected chi connectivity index (χ3v) is 5.89. The lowest BCUT2D eigenvalue weighted by Crippen LogP contribution is -2.29. The summed E-state index contributed by atoms with van der Waals surface area (Å²) in [6.45, 7) is -0.0208. The van der Waals surface area contributed by atoms with Crippen molar-refractivity contribution in [2.24, 2.45) is 0 Å². The van der Waals surface area contributed by atoms with Gasteiger partial charge < -0.3 is 20.1 Å². The summed E-state index contributed by atoms with van der Waals surface area (Å²) in [6.07, 6.45) is 1.48. The molecule has 0 unspecified atom stereocenters. The Bertz CT molecular complexity index is 1000. The fourth-order valence-electron chi connectivity index (χ4n) is 2.57. The number of amides is 1. The second kappa shape index (κ2) is 7.46. The van der Waals surface area contributed by atoms with E-state index in [0.29, 0.717) is 26.5 Å². The lowest BCUT2D eigenvalue weighted by molar-refractivity contribution is -0.135. The Labute approximate surface area is 164 Å². The Morgan fingerprint density at radius 1 is 1.19 bits per heavy atom. The highest BCUT2D eigenvalue weighted by atomic mass is 79.9. The van der Waals surface area contributed by atoms with Gasteiger partial charge in [-0.25, -0.2) is 4.98 Å². The number of fused-ring (bicyclic) bond motifs is 1. The quantitative estimate of drug-likeness (QED) is 0.518. The van der Waals surface area contributed by atoms with Crippen molar-refractivity contribution < 1.29 is 19.8 Å². The summed E-state index contributed by atoms with van der Waals surface area (Å²) in [6, 6.07) is 9.76. The van der Waals surface area contributed by atoms with Crippen molar-refractivity contribution in [1.29, 1.82) is 0 Å². The van der Waals surface area contributed by atoms with Crippen molar-refractivity contribution in [2.45, 2.75) is 6.54 Å². The van der Waals surface area contributed by atoms with Crippen molar-refractivity contribution >= 4 is 54.6 Å². The molecular formula is C17H13Br2N3O4. The van der Waals surface area contributed by atoms with Gasteiger partial charge in [0, 0.05) is 6.54 Å². The van der Waals surface area contributed by atoms with Crippen LogP contribution in [0.5, 0.6) is 5.75 Å². The van der Waals surface area contributed by atoms with Gasteiger partial charge >= 0.3 is 5.97 Å². The smallest absolute Gasteiger partial charge is 0.322 e. The molecule has 0 saturated carbocycles. The average molecular weight is 483 g/mol. The van der Waals surface area contributed by atoms with Crippen molar-refractivity contribution in [3.05, 3.63) is 56.9 Å². The van der Waals surface area contributed by atoms with Crippen molar-refractivity contribution in [3.8, 4) is 5.75 Å². The zero-order valence-corrected chi connectivity index (χ0v) is 16.4. The number of carboxylic acid groups (broad SMARTS) is 1. The van der Waals surface area contributed by atoms with Crippen LogP contribution in [0.2, 0.25) is 0 Å². The highest BCUT2D eigenvalue weighted by Gasteiger charge is 2.23. The minimum Gasteiger partial charge on any atom is -0.505 e. The van der Waals surface area contributed by atoms with E-state index in [1.54, 1.807) is 0 Å². The average Bonchev–Trinajstić information content (AvgIpc) is 2.86. The van der Waals surface area contributed by atoms with Crippen LogP contribution < -0.4 is 5.32 Å². The monoisotopic (exact) mass is 481 g/mol. The molecule has 26 heavy (non-hydrogen) atoms. The maximum absolute atomic E-state index is 12.1. The molecular weight excluding hydrogens is 470 g/mol. The zero-order chi connectivity index (χ0) is 18.8. The van der Waals surface area contributed by atoms with E-state index in [0.717, 1.165) is 5.56 Å². The van der Waals surface area contributed by atoms with Gasteiger partial charge in [0.1, 0.15) is 11.1 Å². The highest BCUT2D eigenvalue weighted by molar-refractivity contribution is 9.13. The van der Waals surface area contributed by atoms with E-state index in [1.165, 1.54) is 6.20 Å². The summed E-state index contributed by atoms with van der Waals surface area (Å²) >= 11 is 6.93. The molecule has 0 fully saturated rings. The first-order chi connectivity index (χ1) is 12.4. The van der Waals surface area contributed by atoms with Crippen molar-refractivity contribution in [2.75, 3.05) is 6.54 Å². The van der Waals surface area contributed by atoms with E-state index in [9.17, 15) is 14.7 Å². The van der Waals surface area contributed by atoms with E-state index >= 15 is 0 Å². The number of halogens is 2. The first-order valence-electron chi connectivity index (χ1n) is 7.49. The summed E-state index contributed by atoms with van der Waals surface area (Å²) in [5.74, 6) is -2.26. The van der Waals surface area contributed by atoms with Gasteiger partial charge in [-0.15, -0.1) is 0 Å².